The Kier molecular flexibility index (Phi) is 4.39. The van der Waals surface area contributed by atoms with Gasteiger partial charge < -0.3 is 25.0 Å². The first-order valence-electron chi connectivity index (χ1n) is 8.43. The summed E-state index contributed by atoms with van der Waals surface area (Å²) >= 11 is 0. The third-order valence-electron chi connectivity index (χ3n) is 4.28. The van der Waals surface area contributed by atoms with E-state index < -0.39 is 0 Å². The number of hydrogen-bond acceptors (Lipinski definition) is 6. The number of ether oxygens (including phenoxy) is 2. The molecule has 2 aromatic rings. The lowest BCUT2D eigenvalue weighted by Crippen LogP contribution is -2.43. The monoisotopic (exact) mass is 340 g/mol. The molecule has 1 aromatic carbocycles. The van der Waals surface area contributed by atoms with Crippen molar-refractivity contribution in [3.8, 4) is 11.5 Å². The molecule has 0 unspecified atom stereocenters. The summed E-state index contributed by atoms with van der Waals surface area (Å²) in [6, 6.07) is 9.10. The molecule has 1 amide bonds. The molecule has 2 aliphatic rings. The first kappa shape index (κ1) is 15.7. The van der Waals surface area contributed by atoms with Gasteiger partial charge in [0.15, 0.2) is 11.5 Å². The summed E-state index contributed by atoms with van der Waals surface area (Å²) in [6.45, 7) is 4.79. The van der Waals surface area contributed by atoms with E-state index in [1.54, 1.807) is 24.4 Å². The van der Waals surface area contributed by atoms with E-state index in [2.05, 4.69) is 20.5 Å². The van der Waals surface area contributed by atoms with E-state index in [0.717, 1.165) is 31.9 Å². The number of anilines is 2. The molecular formula is C18H20N4O3. The molecule has 1 saturated heterocycles. The summed E-state index contributed by atoms with van der Waals surface area (Å²) in [6.07, 6.45) is 1.79. The van der Waals surface area contributed by atoms with Crippen molar-refractivity contribution in [3.63, 3.8) is 0 Å². The van der Waals surface area contributed by atoms with E-state index in [1.807, 2.05) is 12.1 Å². The second-order valence-electron chi connectivity index (χ2n) is 5.92. The quantitative estimate of drug-likeness (QED) is 0.882. The van der Waals surface area contributed by atoms with Gasteiger partial charge in [-0.15, -0.1) is 0 Å². The number of piperazine rings is 1. The third-order valence-corrected chi connectivity index (χ3v) is 4.28. The molecule has 0 aliphatic carbocycles. The molecule has 1 aromatic heterocycles. The molecule has 4 rings (SSSR count). The van der Waals surface area contributed by atoms with E-state index in [9.17, 15) is 4.79 Å². The number of benzene rings is 1. The summed E-state index contributed by atoms with van der Waals surface area (Å²) in [5.41, 5.74) is 1.51. The molecule has 0 saturated carbocycles. The molecule has 0 radical (unpaired) electrons. The van der Waals surface area contributed by atoms with Gasteiger partial charge in [0.2, 0.25) is 0 Å². The number of aromatic nitrogens is 1. The Morgan fingerprint density at radius 1 is 1.12 bits per heavy atom. The van der Waals surface area contributed by atoms with Crippen LogP contribution < -0.4 is 25.0 Å². The topological polar surface area (TPSA) is 75.7 Å². The fourth-order valence-corrected chi connectivity index (χ4v) is 3.01. The van der Waals surface area contributed by atoms with E-state index in [-0.39, 0.29) is 5.91 Å². The molecule has 7 heteroatoms. The van der Waals surface area contributed by atoms with Gasteiger partial charge in [-0.2, -0.15) is 0 Å². The SMILES string of the molecule is O=C(Nc1ccc(N2CCNCC2)cn1)c1cccc2c1OCCO2. The van der Waals surface area contributed by atoms with Gasteiger partial charge in [0.25, 0.3) is 5.91 Å². The molecule has 130 valence electrons. The zero-order valence-corrected chi connectivity index (χ0v) is 13.8. The summed E-state index contributed by atoms with van der Waals surface area (Å²) in [7, 11) is 0. The number of para-hydroxylation sites is 1. The first-order chi connectivity index (χ1) is 12.3. The molecule has 3 heterocycles. The lowest BCUT2D eigenvalue weighted by molar-refractivity contribution is 0.101. The molecular weight excluding hydrogens is 320 g/mol. The van der Waals surface area contributed by atoms with Crippen LogP contribution >= 0.6 is 0 Å². The standard InChI is InChI=1S/C18H20N4O3/c23-18(14-2-1-3-15-17(14)25-11-10-24-15)21-16-5-4-13(12-20-16)22-8-6-19-7-9-22/h1-5,12,19H,6-11H2,(H,20,21,23). The van der Waals surface area contributed by atoms with E-state index in [4.69, 9.17) is 9.47 Å². The zero-order valence-electron chi connectivity index (χ0n) is 13.8. The first-order valence-corrected chi connectivity index (χ1v) is 8.43. The molecule has 7 nitrogen and oxygen atoms in total. The second-order valence-corrected chi connectivity index (χ2v) is 5.92. The largest absolute Gasteiger partial charge is 0.486 e. The average Bonchev–Trinajstić information content (AvgIpc) is 2.69. The minimum absolute atomic E-state index is 0.259. The van der Waals surface area contributed by atoms with Gasteiger partial charge in [0.05, 0.1) is 17.4 Å². The Morgan fingerprint density at radius 2 is 1.96 bits per heavy atom. The number of hydrogen-bond donors (Lipinski definition) is 2. The Bertz CT molecular complexity index is 757. The Morgan fingerprint density at radius 3 is 2.76 bits per heavy atom. The van der Waals surface area contributed by atoms with Crippen LogP contribution in [0.4, 0.5) is 11.5 Å². The Hall–Kier alpha value is -2.80. The summed E-state index contributed by atoms with van der Waals surface area (Å²) < 4.78 is 11.1. The van der Waals surface area contributed by atoms with Crippen LogP contribution in [-0.4, -0.2) is 50.3 Å². The van der Waals surface area contributed by atoms with Gasteiger partial charge >= 0.3 is 0 Å². The molecule has 0 bridgehead atoms. The van der Waals surface area contributed by atoms with Crippen molar-refractivity contribution in [3.05, 3.63) is 42.1 Å². The van der Waals surface area contributed by atoms with Crippen molar-refractivity contribution in [2.24, 2.45) is 0 Å². The maximum Gasteiger partial charge on any atom is 0.260 e. The number of nitrogens with zero attached hydrogens (tertiary/aromatic N) is 2. The fraction of sp³-hybridized carbons (Fsp3) is 0.333. The van der Waals surface area contributed by atoms with Gasteiger partial charge in [-0.3, -0.25) is 4.79 Å². The number of rotatable bonds is 3. The van der Waals surface area contributed by atoms with Crippen molar-refractivity contribution in [2.45, 2.75) is 0 Å². The third kappa shape index (κ3) is 3.36. The predicted molar refractivity (Wildman–Crippen MR) is 94.7 cm³/mol. The van der Waals surface area contributed by atoms with Crippen LogP contribution in [0.25, 0.3) is 0 Å². The van der Waals surface area contributed by atoms with Gasteiger partial charge in [-0.05, 0) is 24.3 Å². The van der Waals surface area contributed by atoms with E-state index in [1.165, 1.54) is 0 Å². The van der Waals surface area contributed by atoms with E-state index in [0.29, 0.717) is 36.1 Å². The minimum atomic E-state index is -0.259. The number of carbonyl (C=O) groups excluding carboxylic acids is 1. The molecule has 2 N–H and O–H groups in total. The summed E-state index contributed by atoms with van der Waals surface area (Å²) in [4.78, 5) is 19.2. The number of carbonyl (C=O) groups is 1. The Labute approximate surface area is 145 Å². The Balaban J connectivity index is 1.48. The molecule has 25 heavy (non-hydrogen) atoms. The van der Waals surface area contributed by atoms with Gasteiger partial charge in [0, 0.05) is 26.2 Å². The summed E-state index contributed by atoms with van der Waals surface area (Å²) in [5.74, 6) is 1.34. The number of pyridine rings is 1. The van der Waals surface area contributed by atoms with Crippen LogP contribution in [0.2, 0.25) is 0 Å². The second kappa shape index (κ2) is 6.98. The number of amides is 1. The highest BCUT2D eigenvalue weighted by atomic mass is 16.6. The average molecular weight is 340 g/mol. The van der Waals surface area contributed by atoms with Crippen molar-refractivity contribution in [1.82, 2.24) is 10.3 Å². The highest BCUT2D eigenvalue weighted by molar-refractivity contribution is 6.06. The lowest BCUT2D eigenvalue weighted by atomic mass is 10.1. The predicted octanol–water partition coefficient (Wildman–Crippen LogP) is 1.51. The van der Waals surface area contributed by atoms with Crippen LogP contribution in [0, 0.1) is 0 Å². The van der Waals surface area contributed by atoms with Crippen LogP contribution in [0.15, 0.2) is 36.5 Å². The van der Waals surface area contributed by atoms with Crippen LogP contribution in [0.5, 0.6) is 11.5 Å². The smallest absolute Gasteiger partial charge is 0.260 e. The van der Waals surface area contributed by atoms with E-state index >= 15 is 0 Å². The zero-order chi connectivity index (χ0) is 17.1. The molecule has 1 fully saturated rings. The minimum Gasteiger partial charge on any atom is -0.486 e. The molecule has 2 aliphatic heterocycles. The van der Waals surface area contributed by atoms with Crippen molar-refractivity contribution >= 4 is 17.4 Å². The van der Waals surface area contributed by atoms with Crippen molar-refractivity contribution < 1.29 is 14.3 Å². The highest BCUT2D eigenvalue weighted by Crippen LogP contribution is 2.33. The van der Waals surface area contributed by atoms with Crippen LogP contribution in [-0.2, 0) is 0 Å². The highest BCUT2D eigenvalue weighted by Gasteiger charge is 2.20. The summed E-state index contributed by atoms with van der Waals surface area (Å²) in [5, 5.41) is 6.15. The van der Waals surface area contributed by atoms with Gasteiger partial charge in [-0.1, -0.05) is 6.07 Å². The van der Waals surface area contributed by atoms with Gasteiger partial charge in [0.1, 0.15) is 19.0 Å². The van der Waals surface area contributed by atoms with Crippen LogP contribution in [0.1, 0.15) is 10.4 Å². The maximum absolute atomic E-state index is 12.6. The van der Waals surface area contributed by atoms with Gasteiger partial charge in [-0.25, -0.2) is 4.98 Å². The van der Waals surface area contributed by atoms with Crippen LogP contribution in [0.3, 0.4) is 0 Å². The lowest BCUT2D eigenvalue weighted by Gasteiger charge is -2.29. The number of fused-ring (bicyclic) bond motifs is 1. The van der Waals surface area contributed by atoms with Crippen molar-refractivity contribution in [2.75, 3.05) is 49.6 Å². The molecule has 0 atom stereocenters. The van der Waals surface area contributed by atoms with Crippen molar-refractivity contribution in [1.29, 1.82) is 0 Å². The maximum atomic E-state index is 12.6. The fourth-order valence-electron chi connectivity index (χ4n) is 3.01. The normalized spacial score (nSPS) is 16.4. The number of nitrogens with one attached hydrogen (secondary N) is 2. The molecule has 0 spiro atoms.